The number of nitrogens with zero attached hydrogens (tertiary/aromatic N) is 4. The lowest BCUT2D eigenvalue weighted by Gasteiger charge is -2.33. The molecule has 0 bridgehead atoms. The van der Waals surface area contributed by atoms with E-state index in [0.29, 0.717) is 17.4 Å². The molecule has 192 valence electrons. The fraction of sp³-hybridized carbons (Fsp3) is 0.421. The maximum absolute atomic E-state index is 13.7. The molecule has 2 aromatic heterocycles. The molecule has 0 saturated heterocycles. The molecule has 0 radical (unpaired) electrons. The Bertz CT molecular complexity index is 1220. The van der Waals surface area contributed by atoms with E-state index in [-0.39, 0.29) is 33.7 Å². The molecule has 1 aromatic carbocycles. The van der Waals surface area contributed by atoms with Gasteiger partial charge in [0.15, 0.2) is 16.7 Å². The molecule has 0 unspecified atom stereocenters. The van der Waals surface area contributed by atoms with Gasteiger partial charge >= 0.3 is 18.5 Å². The molecular weight excluding hydrogens is 519 g/mol. The van der Waals surface area contributed by atoms with Gasteiger partial charge < -0.3 is 14.8 Å². The van der Waals surface area contributed by atoms with Gasteiger partial charge in [0.25, 0.3) is 5.60 Å². The van der Waals surface area contributed by atoms with E-state index >= 15 is 0 Å². The highest BCUT2D eigenvalue weighted by Crippen LogP contribution is 2.52. The molecule has 6 nitrogen and oxygen atoms in total. The van der Waals surface area contributed by atoms with E-state index in [1.165, 1.54) is 25.5 Å². The topological polar surface area (TPSA) is 84.1 Å². The lowest BCUT2D eigenvalue weighted by molar-refractivity contribution is -0.376. The number of halogens is 9. The summed E-state index contributed by atoms with van der Waals surface area (Å²) in [4.78, 5) is 3.67. The van der Waals surface area contributed by atoms with E-state index in [1.807, 2.05) is 0 Å². The summed E-state index contributed by atoms with van der Waals surface area (Å²) in [5, 5.41) is 27.2. The number of aromatic nitrogens is 4. The smallest absolute Gasteiger partial charge is 0.382 e. The van der Waals surface area contributed by atoms with E-state index in [9.17, 15) is 49.7 Å². The first kappa shape index (κ1) is 26.9. The maximum Gasteiger partial charge on any atom is 0.430 e. The number of benzene rings is 1. The largest absolute Gasteiger partial charge is 0.430 e. The van der Waals surface area contributed by atoms with Gasteiger partial charge in [-0.3, -0.25) is 0 Å². The van der Waals surface area contributed by atoms with Crippen molar-refractivity contribution in [2.24, 2.45) is 7.05 Å². The first-order chi connectivity index (χ1) is 15.7. The lowest BCUT2D eigenvalue weighted by atomic mass is 9.89. The van der Waals surface area contributed by atoms with Crippen LogP contribution >= 0.6 is 11.3 Å². The van der Waals surface area contributed by atoms with Crippen molar-refractivity contribution in [1.29, 1.82) is 0 Å². The number of hydrogen-bond donors (Lipinski definition) is 2. The number of alkyl halides is 9. The minimum absolute atomic E-state index is 0.0183. The summed E-state index contributed by atoms with van der Waals surface area (Å²) in [6, 6.07) is 0.140. The molecule has 0 fully saturated rings. The van der Waals surface area contributed by atoms with E-state index in [0.717, 1.165) is 6.20 Å². The SMILES string of the molecule is Cn1c(-c2ncc(-c3ccc(C(O)(C(F)(F)F)C(F)(F)F)cc3C(F)(F)F)s2)nnc1C(C)(C)O. The fourth-order valence-electron chi connectivity index (χ4n) is 3.26. The number of thiazole rings is 1. The van der Waals surface area contributed by atoms with Crippen LogP contribution in [0.4, 0.5) is 39.5 Å². The first-order valence-corrected chi connectivity index (χ1v) is 10.2. The standard InChI is InChI=1S/C19H15F9N4O2S/c1-15(2,33)14-31-30-12(32(14)3)13-29-7-11(35-13)9-5-4-8(6-10(9)17(20,21)22)16(34,18(23,24)25)19(26,27)28/h4-7,33-34H,1-3H3. The Labute approximate surface area is 194 Å². The predicted octanol–water partition coefficient (Wildman–Crippen LogP) is 5.16. The van der Waals surface area contributed by atoms with E-state index < -0.39 is 46.4 Å². The molecule has 2 heterocycles. The molecule has 2 N–H and O–H groups in total. The van der Waals surface area contributed by atoms with Crippen molar-refractivity contribution in [2.75, 3.05) is 0 Å². The minimum Gasteiger partial charge on any atom is -0.382 e. The minimum atomic E-state index is -6.35. The van der Waals surface area contributed by atoms with E-state index in [1.54, 1.807) is 0 Å². The highest BCUT2D eigenvalue weighted by Gasteiger charge is 2.71. The summed E-state index contributed by atoms with van der Waals surface area (Å²) in [6.45, 7) is 2.82. The van der Waals surface area contributed by atoms with Crippen LogP contribution in [0.5, 0.6) is 0 Å². The van der Waals surface area contributed by atoms with Crippen molar-refractivity contribution in [2.45, 2.75) is 43.6 Å². The number of rotatable bonds is 4. The van der Waals surface area contributed by atoms with E-state index in [2.05, 4.69) is 15.2 Å². The van der Waals surface area contributed by atoms with Crippen LogP contribution in [0.15, 0.2) is 24.4 Å². The second kappa shape index (κ2) is 8.16. The zero-order chi connectivity index (χ0) is 26.8. The van der Waals surface area contributed by atoms with E-state index in [4.69, 9.17) is 0 Å². The van der Waals surface area contributed by atoms with Crippen molar-refractivity contribution in [3.8, 4) is 21.3 Å². The van der Waals surface area contributed by atoms with Gasteiger partial charge in [-0.1, -0.05) is 12.1 Å². The molecule has 0 atom stereocenters. The van der Waals surface area contributed by atoms with Crippen LogP contribution in [0.2, 0.25) is 0 Å². The van der Waals surface area contributed by atoms with Gasteiger partial charge in [0, 0.05) is 24.4 Å². The fourth-order valence-corrected chi connectivity index (χ4v) is 4.23. The van der Waals surface area contributed by atoms with Gasteiger partial charge in [0.1, 0.15) is 5.60 Å². The number of aliphatic hydroxyl groups is 2. The van der Waals surface area contributed by atoms with Crippen LogP contribution in [0.25, 0.3) is 21.3 Å². The van der Waals surface area contributed by atoms with Crippen LogP contribution in [-0.4, -0.2) is 42.3 Å². The third kappa shape index (κ3) is 4.61. The summed E-state index contributed by atoms with van der Waals surface area (Å²) in [6.07, 6.45) is -17.2. The first-order valence-electron chi connectivity index (χ1n) is 9.36. The van der Waals surface area contributed by atoms with Crippen LogP contribution < -0.4 is 0 Å². The predicted molar refractivity (Wildman–Crippen MR) is 104 cm³/mol. The third-order valence-corrected chi connectivity index (χ3v) is 5.97. The molecule has 0 aliphatic rings. The molecular formula is C19H15F9N4O2S. The summed E-state index contributed by atoms with van der Waals surface area (Å²) >= 11 is 0.609. The van der Waals surface area contributed by atoms with Crippen LogP contribution in [-0.2, 0) is 24.4 Å². The Morgan fingerprint density at radius 2 is 1.46 bits per heavy atom. The Morgan fingerprint density at radius 3 is 1.91 bits per heavy atom. The zero-order valence-electron chi connectivity index (χ0n) is 17.8. The molecule has 0 aliphatic carbocycles. The quantitative estimate of drug-likeness (QED) is 0.452. The van der Waals surface area contributed by atoms with Crippen LogP contribution in [0.1, 0.15) is 30.8 Å². The molecule has 0 aliphatic heterocycles. The third-order valence-electron chi connectivity index (χ3n) is 4.95. The summed E-state index contributed by atoms with van der Waals surface area (Å²) in [7, 11) is 1.45. The molecule has 0 spiro atoms. The summed E-state index contributed by atoms with van der Waals surface area (Å²) in [5.74, 6) is 0.148. The monoisotopic (exact) mass is 534 g/mol. The van der Waals surface area contributed by atoms with Gasteiger partial charge in [-0.15, -0.1) is 21.5 Å². The second-order valence-electron chi connectivity index (χ2n) is 7.96. The molecule has 16 heteroatoms. The highest BCUT2D eigenvalue weighted by atomic mass is 32.1. The maximum atomic E-state index is 13.7. The molecule has 3 aromatic rings. The Balaban J connectivity index is 2.17. The van der Waals surface area contributed by atoms with Crippen molar-refractivity contribution in [3.05, 3.63) is 41.3 Å². The molecule has 0 amide bonds. The lowest BCUT2D eigenvalue weighted by Crippen LogP contribution is -2.54. The van der Waals surface area contributed by atoms with Gasteiger partial charge in [-0.2, -0.15) is 39.5 Å². The number of hydrogen-bond acceptors (Lipinski definition) is 6. The Kier molecular flexibility index (Phi) is 6.27. The average molecular weight is 534 g/mol. The van der Waals surface area contributed by atoms with Crippen LogP contribution in [0.3, 0.4) is 0 Å². The highest BCUT2D eigenvalue weighted by molar-refractivity contribution is 7.18. The normalized spacial score (nSPS) is 14.0. The van der Waals surface area contributed by atoms with Crippen molar-refractivity contribution in [1.82, 2.24) is 19.7 Å². The van der Waals surface area contributed by atoms with Gasteiger partial charge in [-0.05, 0) is 19.9 Å². The molecule has 35 heavy (non-hydrogen) atoms. The second-order valence-corrected chi connectivity index (χ2v) is 8.99. The van der Waals surface area contributed by atoms with Crippen molar-refractivity contribution in [3.63, 3.8) is 0 Å². The zero-order valence-corrected chi connectivity index (χ0v) is 18.6. The average Bonchev–Trinajstić information content (AvgIpc) is 3.30. The van der Waals surface area contributed by atoms with Gasteiger partial charge in [0.2, 0.25) is 0 Å². The van der Waals surface area contributed by atoms with Crippen LogP contribution in [0, 0.1) is 0 Å². The van der Waals surface area contributed by atoms with Gasteiger partial charge in [0.05, 0.1) is 10.4 Å². The summed E-state index contributed by atoms with van der Waals surface area (Å²) < 4.78 is 121. The van der Waals surface area contributed by atoms with Gasteiger partial charge in [-0.25, -0.2) is 4.98 Å². The summed E-state index contributed by atoms with van der Waals surface area (Å²) in [5.41, 5.74) is -11.6. The molecule has 0 saturated carbocycles. The van der Waals surface area contributed by atoms with Crippen molar-refractivity contribution < 1.29 is 49.7 Å². The Morgan fingerprint density at radius 1 is 0.886 bits per heavy atom. The molecule has 3 rings (SSSR count). The van der Waals surface area contributed by atoms with Crippen molar-refractivity contribution >= 4 is 11.3 Å². The Hall–Kier alpha value is -2.72.